The van der Waals surface area contributed by atoms with Crippen LogP contribution in [0.15, 0.2) is 18.2 Å². The predicted molar refractivity (Wildman–Crippen MR) is 57.7 cm³/mol. The van der Waals surface area contributed by atoms with E-state index in [9.17, 15) is 4.79 Å². The van der Waals surface area contributed by atoms with Gasteiger partial charge in [0, 0.05) is 6.07 Å². The summed E-state index contributed by atoms with van der Waals surface area (Å²) in [7, 11) is 0. The minimum atomic E-state index is -0.221. The molecule has 1 aromatic carbocycles. The summed E-state index contributed by atoms with van der Waals surface area (Å²) in [5.74, 6) is 1.49. The quantitative estimate of drug-likeness (QED) is 0.581. The van der Waals surface area contributed by atoms with Gasteiger partial charge in [0.15, 0.2) is 11.5 Å². The maximum Gasteiger partial charge on any atom is 0.314 e. The number of fused-ring (bicyclic) bond motifs is 1. The van der Waals surface area contributed by atoms with Crippen LogP contribution in [0.4, 0.5) is 0 Å². The molecule has 1 atom stereocenters. The summed E-state index contributed by atoms with van der Waals surface area (Å²) in [4.78, 5) is 11.5. The lowest BCUT2D eigenvalue weighted by Crippen LogP contribution is -2.16. The summed E-state index contributed by atoms with van der Waals surface area (Å²) in [5, 5.41) is 0. The van der Waals surface area contributed by atoms with Crippen LogP contribution in [0.25, 0.3) is 0 Å². The highest BCUT2D eigenvalue weighted by molar-refractivity contribution is 5.74. The van der Waals surface area contributed by atoms with Crippen LogP contribution in [0.3, 0.4) is 0 Å². The van der Waals surface area contributed by atoms with E-state index < -0.39 is 0 Å². The molecule has 4 heteroatoms. The largest absolute Gasteiger partial charge is 0.454 e. The summed E-state index contributed by atoms with van der Waals surface area (Å²) in [5.41, 5.74) is 0. The van der Waals surface area contributed by atoms with Crippen molar-refractivity contribution >= 4 is 5.97 Å². The van der Waals surface area contributed by atoms with Gasteiger partial charge in [-0.05, 0) is 18.6 Å². The molecule has 0 amide bonds. The number of carbonyl (C=O) groups excluding carboxylic acids is 1. The molecule has 4 nitrogen and oxygen atoms in total. The minimum Gasteiger partial charge on any atom is -0.454 e. The van der Waals surface area contributed by atoms with Gasteiger partial charge in [0.25, 0.3) is 0 Å². The van der Waals surface area contributed by atoms with Crippen molar-refractivity contribution in [1.82, 2.24) is 0 Å². The molecule has 1 aromatic rings. The summed E-state index contributed by atoms with van der Waals surface area (Å²) in [6, 6.07) is 5.11. The van der Waals surface area contributed by atoms with E-state index in [4.69, 9.17) is 14.2 Å². The monoisotopic (exact) mass is 222 g/mol. The van der Waals surface area contributed by atoms with Crippen molar-refractivity contribution in [3.63, 3.8) is 0 Å². The molecule has 0 saturated carbocycles. The molecule has 0 aliphatic carbocycles. The standard InChI is InChI=1S/C12H14O4/c1-3-8(2)12(13)16-9-4-5-10-11(6-9)15-7-14-10/h4-6,8H,3,7H2,1-2H3. The fourth-order valence-corrected chi connectivity index (χ4v) is 1.32. The molecule has 16 heavy (non-hydrogen) atoms. The molecule has 2 rings (SSSR count). The van der Waals surface area contributed by atoms with Crippen molar-refractivity contribution in [1.29, 1.82) is 0 Å². The summed E-state index contributed by atoms with van der Waals surface area (Å²) >= 11 is 0. The van der Waals surface area contributed by atoms with Crippen molar-refractivity contribution < 1.29 is 19.0 Å². The maximum atomic E-state index is 11.5. The topological polar surface area (TPSA) is 44.8 Å². The van der Waals surface area contributed by atoms with E-state index in [-0.39, 0.29) is 18.7 Å². The maximum absolute atomic E-state index is 11.5. The Morgan fingerprint density at radius 3 is 2.94 bits per heavy atom. The molecule has 0 radical (unpaired) electrons. The fraction of sp³-hybridized carbons (Fsp3) is 0.417. The third-order valence-corrected chi connectivity index (χ3v) is 2.58. The van der Waals surface area contributed by atoms with Crippen LogP contribution in [0, 0.1) is 5.92 Å². The number of rotatable bonds is 3. The van der Waals surface area contributed by atoms with Crippen LogP contribution in [0.1, 0.15) is 20.3 Å². The molecular weight excluding hydrogens is 208 g/mol. The van der Waals surface area contributed by atoms with E-state index in [0.717, 1.165) is 6.42 Å². The van der Waals surface area contributed by atoms with Gasteiger partial charge in [0.1, 0.15) is 5.75 Å². The van der Waals surface area contributed by atoms with Gasteiger partial charge in [-0.25, -0.2) is 0 Å². The van der Waals surface area contributed by atoms with E-state index in [0.29, 0.717) is 17.2 Å². The van der Waals surface area contributed by atoms with Crippen molar-refractivity contribution in [3.8, 4) is 17.2 Å². The lowest BCUT2D eigenvalue weighted by atomic mass is 10.1. The van der Waals surface area contributed by atoms with Gasteiger partial charge in [-0.2, -0.15) is 0 Å². The zero-order valence-electron chi connectivity index (χ0n) is 9.36. The van der Waals surface area contributed by atoms with E-state index in [1.54, 1.807) is 18.2 Å². The van der Waals surface area contributed by atoms with E-state index >= 15 is 0 Å². The fourth-order valence-electron chi connectivity index (χ4n) is 1.32. The molecule has 0 bridgehead atoms. The first-order valence-electron chi connectivity index (χ1n) is 5.32. The smallest absolute Gasteiger partial charge is 0.314 e. The Morgan fingerprint density at radius 2 is 2.19 bits per heavy atom. The Hall–Kier alpha value is -1.71. The molecule has 0 saturated heterocycles. The summed E-state index contributed by atoms with van der Waals surface area (Å²) in [6.07, 6.45) is 0.767. The van der Waals surface area contributed by atoms with Crippen molar-refractivity contribution in [2.24, 2.45) is 5.92 Å². The Morgan fingerprint density at radius 1 is 1.44 bits per heavy atom. The third kappa shape index (κ3) is 2.10. The molecule has 1 aliphatic rings. The Labute approximate surface area is 94.1 Å². The summed E-state index contributed by atoms with van der Waals surface area (Å²) in [6.45, 7) is 4.01. The second-order valence-corrected chi connectivity index (χ2v) is 3.75. The number of ether oxygens (including phenoxy) is 3. The number of hydrogen-bond donors (Lipinski definition) is 0. The molecule has 0 aromatic heterocycles. The first kappa shape index (κ1) is 10.8. The van der Waals surface area contributed by atoms with Crippen LogP contribution in [0.2, 0.25) is 0 Å². The first-order valence-corrected chi connectivity index (χ1v) is 5.32. The summed E-state index contributed by atoms with van der Waals surface area (Å²) < 4.78 is 15.6. The van der Waals surface area contributed by atoms with Gasteiger partial charge >= 0.3 is 5.97 Å². The van der Waals surface area contributed by atoms with Gasteiger partial charge in [0.2, 0.25) is 6.79 Å². The highest BCUT2D eigenvalue weighted by Gasteiger charge is 2.17. The molecular formula is C12H14O4. The molecule has 1 heterocycles. The molecule has 1 aliphatic heterocycles. The zero-order valence-corrected chi connectivity index (χ0v) is 9.36. The molecule has 86 valence electrons. The van der Waals surface area contributed by atoms with E-state index in [1.165, 1.54) is 0 Å². The van der Waals surface area contributed by atoms with Gasteiger partial charge in [0.05, 0.1) is 5.92 Å². The molecule has 1 unspecified atom stereocenters. The Bertz CT molecular complexity index is 400. The van der Waals surface area contributed by atoms with E-state index in [1.807, 2.05) is 13.8 Å². The van der Waals surface area contributed by atoms with E-state index in [2.05, 4.69) is 0 Å². The molecule has 0 spiro atoms. The molecule has 0 N–H and O–H groups in total. The average Bonchev–Trinajstić information content (AvgIpc) is 2.75. The number of carbonyl (C=O) groups is 1. The lowest BCUT2D eigenvalue weighted by molar-refractivity contribution is -0.138. The predicted octanol–water partition coefficient (Wildman–Crippen LogP) is 2.37. The Balaban J connectivity index is 2.08. The van der Waals surface area contributed by atoms with Gasteiger partial charge < -0.3 is 14.2 Å². The van der Waals surface area contributed by atoms with Crippen LogP contribution in [-0.2, 0) is 4.79 Å². The van der Waals surface area contributed by atoms with Crippen LogP contribution >= 0.6 is 0 Å². The van der Waals surface area contributed by atoms with Gasteiger partial charge in [-0.3, -0.25) is 4.79 Å². The highest BCUT2D eigenvalue weighted by Crippen LogP contribution is 2.35. The number of benzene rings is 1. The van der Waals surface area contributed by atoms with Crippen LogP contribution < -0.4 is 14.2 Å². The zero-order chi connectivity index (χ0) is 11.5. The van der Waals surface area contributed by atoms with Crippen molar-refractivity contribution in [2.75, 3.05) is 6.79 Å². The SMILES string of the molecule is CCC(C)C(=O)Oc1ccc2c(c1)OCO2. The third-order valence-electron chi connectivity index (χ3n) is 2.58. The first-order chi connectivity index (χ1) is 7.70. The second-order valence-electron chi connectivity index (χ2n) is 3.75. The average molecular weight is 222 g/mol. The van der Waals surface area contributed by atoms with Gasteiger partial charge in [-0.1, -0.05) is 13.8 Å². The lowest BCUT2D eigenvalue weighted by Gasteiger charge is -2.08. The van der Waals surface area contributed by atoms with Crippen LogP contribution in [-0.4, -0.2) is 12.8 Å². The normalized spacial score (nSPS) is 14.6. The van der Waals surface area contributed by atoms with Gasteiger partial charge in [-0.15, -0.1) is 0 Å². The second kappa shape index (κ2) is 4.43. The van der Waals surface area contributed by atoms with Crippen LogP contribution in [0.5, 0.6) is 17.2 Å². The Kier molecular flexibility index (Phi) is 2.99. The van der Waals surface area contributed by atoms with Crippen molar-refractivity contribution in [2.45, 2.75) is 20.3 Å². The van der Waals surface area contributed by atoms with Crippen molar-refractivity contribution in [3.05, 3.63) is 18.2 Å². The minimum absolute atomic E-state index is 0.0922. The highest BCUT2D eigenvalue weighted by atomic mass is 16.7. The number of hydrogen-bond acceptors (Lipinski definition) is 4. The number of esters is 1. The molecule has 0 fully saturated rings.